The van der Waals surface area contributed by atoms with Crippen molar-refractivity contribution in [1.82, 2.24) is 5.32 Å². The van der Waals surface area contributed by atoms with Gasteiger partial charge < -0.3 is 15.5 Å². The molecular formula is C4H8NO3. The highest BCUT2D eigenvalue weighted by molar-refractivity contribution is 5.77. The van der Waals surface area contributed by atoms with Gasteiger partial charge in [-0.3, -0.25) is 4.79 Å². The summed E-state index contributed by atoms with van der Waals surface area (Å²) in [6.45, 7) is 2.42. The van der Waals surface area contributed by atoms with E-state index in [1.807, 2.05) is 5.32 Å². The molecule has 0 spiro atoms. The van der Waals surface area contributed by atoms with Gasteiger partial charge in [0.1, 0.15) is 12.8 Å². The fraction of sp³-hybridized carbons (Fsp3) is 0.500. The molecule has 0 aliphatic rings. The number of carbonyl (C=O) groups is 1. The van der Waals surface area contributed by atoms with Crippen molar-refractivity contribution in [2.75, 3.05) is 6.61 Å². The van der Waals surface area contributed by atoms with Gasteiger partial charge in [0.15, 0.2) is 0 Å². The minimum atomic E-state index is -1.13. The molecule has 4 nitrogen and oxygen atoms in total. The number of hydrogen-bond donors (Lipinski definition) is 3. The first-order chi connectivity index (χ1) is 3.66. The largest absolute Gasteiger partial charge is 0.387 e. The first-order valence-corrected chi connectivity index (χ1v) is 2.08. The normalized spacial score (nSPS) is 12.9. The Morgan fingerprint density at radius 2 is 2.38 bits per heavy atom. The molecule has 0 aromatic rings. The zero-order valence-corrected chi connectivity index (χ0v) is 4.29. The van der Waals surface area contributed by atoms with E-state index in [0.717, 1.165) is 0 Å². The Morgan fingerprint density at radius 3 is 2.50 bits per heavy atom. The quantitative estimate of drug-likeness (QED) is 0.376. The molecule has 4 heteroatoms. The van der Waals surface area contributed by atoms with Gasteiger partial charge in [-0.25, -0.2) is 0 Å². The molecule has 47 valence electrons. The predicted octanol–water partition coefficient (Wildman–Crippen LogP) is -1.75. The van der Waals surface area contributed by atoms with Crippen molar-refractivity contribution < 1.29 is 15.0 Å². The van der Waals surface area contributed by atoms with Gasteiger partial charge in [-0.2, -0.15) is 0 Å². The number of carbonyl (C=O) groups excluding carboxylic acids is 1. The van der Waals surface area contributed by atoms with Crippen LogP contribution in [0, 0.1) is 6.92 Å². The summed E-state index contributed by atoms with van der Waals surface area (Å²) < 4.78 is 0. The highest BCUT2D eigenvalue weighted by Gasteiger charge is 1.98. The Bertz CT molecular complexity index is 81.4. The van der Waals surface area contributed by atoms with Crippen molar-refractivity contribution in [3.05, 3.63) is 6.92 Å². The summed E-state index contributed by atoms with van der Waals surface area (Å²) in [7, 11) is 0. The van der Waals surface area contributed by atoms with Crippen LogP contribution in [0.2, 0.25) is 0 Å². The lowest BCUT2D eigenvalue weighted by molar-refractivity contribution is -0.126. The van der Waals surface area contributed by atoms with Crippen molar-refractivity contribution in [3.63, 3.8) is 0 Å². The van der Waals surface area contributed by atoms with E-state index in [1.54, 1.807) is 0 Å². The minimum absolute atomic E-state index is 0.618. The summed E-state index contributed by atoms with van der Waals surface area (Å²) in [4.78, 5) is 10.1. The fourth-order valence-corrected chi connectivity index (χ4v) is 0.231. The fourth-order valence-electron chi connectivity index (χ4n) is 0.231. The summed E-state index contributed by atoms with van der Waals surface area (Å²) in [5, 5.41) is 18.3. The third-order valence-electron chi connectivity index (χ3n) is 0.471. The second kappa shape index (κ2) is 3.40. The van der Waals surface area contributed by atoms with Crippen molar-refractivity contribution >= 4 is 5.91 Å². The lowest BCUT2D eigenvalue weighted by atomic mass is 10.6. The van der Waals surface area contributed by atoms with Crippen LogP contribution in [0.25, 0.3) is 0 Å². The van der Waals surface area contributed by atoms with E-state index < -0.39 is 18.7 Å². The van der Waals surface area contributed by atoms with E-state index in [9.17, 15) is 4.79 Å². The van der Waals surface area contributed by atoms with E-state index in [4.69, 9.17) is 10.2 Å². The molecule has 1 atom stereocenters. The van der Waals surface area contributed by atoms with Gasteiger partial charge in [0.25, 0.3) is 0 Å². The lowest BCUT2D eigenvalue weighted by Gasteiger charge is -2.02. The number of nitrogens with one attached hydrogen (secondary N) is 1. The van der Waals surface area contributed by atoms with E-state index >= 15 is 0 Å². The van der Waals surface area contributed by atoms with Gasteiger partial charge in [0.2, 0.25) is 5.91 Å². The van der Waals surface area contributed by atoms with Crippen LogP contribution in [0.5, 0.6) is 0 Å². The van der Waals surface area contributed by atoms with Gasteiger partial charge in [-0.05, 0) is 6.92 Å². The Hall–Kier alpha value is -0.610. The molecule has 0 fully saturated rings. The molecule has 0 rings (SSSR count). The molecular weight excluding hydrogens is 110 g/mol. The van der Waals surface area contributed by atoms with E-state index in [1.165, 1.54) is 0 Å². The van der Waals surface area contributed by atoms with E-state index in [2.05, 4.69) is 6.92 Å². The standard InChI is InChI=1S/C4H8NO3/c1-3(7)5-4(8)2-6/h3,6-7H,1-2H2,(H,5,8). The average Bonchev–Trinajstić information content (AvgIpc) is 1.65. The van der Waals surface area contributed by atoms with Gasteiger partial charge >= 0.3 is 0 Å². The van der Waals surface area contributed by atoms with Crippen molar-refractivity contribution in [2.45, 2.75) is 6.23 Å². The third-order valence-corrected chi connectivity index (χ3v) is 0.471. The summed E-state index contributed by atoms with van der Waals surface area (Å²) in [5.74, 6) is -0.632. The van der Waals surface area contributed by atoms with Crippen LogP contribution in [0.3, 0.4) is 0 Å². The Labute approximate surface area is 47.1 Å². The molecule has 0 aliphatic heterocycles. The van der Waals surface area contributed by atoms with Crippen LogP contribution in [0.4, 0.5) is 0 Å². The van der Waals surface area contributed by atoms with Crippen LogP contribution < -0.4 is 5.32 Å². The van der Waals surface area contributed by atoms with E-state index in [-0.39, 0.29) is 0 Å². The van der Waals surface area contributed by atoms with Crippen LogP contribution in [-0.2, 0) is 4.79 Å². The molecule has 0 saturated heterocycles. The van der Waals surface area contributed by atoms with Crippen molar-refractivity contribution in [1.29, 1.82) is 0 Å². The molecule has 0 saturated carbocycles. The zero-order chi connectivity index (χ0) is 6.57. The Balaban J connectivity index is 3.25. The number of aliphatic hydroxyl groups is 2. The molecule has 0 aliphatic carbocycles. The molecule has 3 N–H and O–H groups in total. The number of amides is 1. The Kier molecular flexibility index (Phi) is 3.14. The van der Waals surface area contributed by atoms with Crippen LogP contribution in [-0.4, -0.2) is 29.0 Å². The van der Waals surface area contributed by atoms with Crippen LogP contribution in [0.15, 0.2) is 0 Å². The van der Waals surface area contributed by atoms with Crippen LogP contribution >= 0.6 is 0 Å². The number of rotatable bonds is 2. The average molecular weight is 118 g/mol. The number of hydrogen-bond acceptors (Lipinski definition) is 3. The smallest absolute Gasteiger partial charge is 0.247 e. The van der Waals surface area contributed by atoms with Gasteiger partial charge in [0, 0.05) is 0 Å². The second-order valence-electron chi connectivity index (χ2n) is 1.24. The molecule has 0 bridgehead atoms. The molecule has 1 radical (unpaired) electrons. The topological polar surface area (TPSA) is 69.6 Å². The lowest BCUT2D eigenvalue weighted by Crippen LogP contribution is -2.34. The first-order valence-electron chi connectivity index (χ1n) is 2.08. The molecule has 0 aromatic heterocycles. The summed E-state index contributed by atoms with van der Waals surface area (Å²) >= 11 is 0. The number of aliphatic hydroxyl groups excluding tert-OH is 2. The SMILES string of the molecule is [CH2]C(O)NC(=O)CO. The second-order valence-corrected chi connectivity index (χ2v) is 1.24. The van der Waals surface area contributed by atoms with Crippen molar-refractivity contribution in [2.24, 2.45) is 0 Å². The maximum absolute atomic E-state index is 10.1. The molecule has 0 aromatic carbocycles. The predicted molar refractivity (Wildman–Crippen MR) is 26.6 cm³/mol. The maximum atomic E-state index is 10.1. The summed E-state index contributed by atoms with van der Waals surface area (Å²) in [5.41, 5.74) is 0. The van der Waals surface area contributed by atoms with Crippen molar-refractivity contribution in [3.8, 4) is 0 Å². The molecule has 1 amide bonds. The molecule has 8 heavy (non-hydrogen) atoms. The molecule has 0 heterocycles. The summed E-state index contributed by atoms with van der Waals surface area (Å²) in [6.07, 6.45) is -1.13. The van der Waals surface area contributed by atoms with Gasteiger partial charge in [-0.1, -0.05) is 0 Å². The highest BCUT2D eigenvalue weighted by atomic mass is 16.3. The minimum Gasteiger partial charge on any atom is -0.387 e. The Morgan fingerprint density at radius 1 is 1.88 bits per heavy atom. The van der Waals surface area contributed by atoms with E-state index in [0.29, 0.717) is 0 Å². The van der Waals surface area contributed by atoms with Gasteiger partial charge in [-0.15, -0.1) is 0 Å². The monoisotopic (exact) mass is 118 g/mol. The maximum Gasteiger partial charge on any atom is 0.247 e. The third kappa shape index (κ3) is 3.58. The zero-order valence-electron chi connectivity index (χ0n) is 4.29. The molecule has 1 unspecified atom stereocenters. The highest BCUT2D eigenvalue weighted by Crippen LogP contribution is 1.68. The first kappa shape index (κ1) is 7.39. The van der Waals surface area contributed by atoms with Crippen LogP contribution in [0.1, 0.15) is 0 Å². The van der Waals surface area contributed by atoms with Gasteiger partial charge in [0.05, 0.1) is 0 Å². The summed E-state index contributed by atoms with van der Waals surface area (Å²) in [6, 6.07) is 0.